The first-order valence-corrected chi connectivity index (χ1v) is 4.74. The first kappa shape index (κ1) is 7.56. The van der Waals surface area contributed by atoms with Crippen molar-refractivity contribution < 1.29 is 0 Å². The summed E-state index contributed by atoms with van der Waals surface area (Å²) < 4.78 is 0. The summed E-state index contributed by atoms with van der Waals surface area (Å²) >= 11 is 0. The van der Waals surface area contributed by atoms with E-state index in [2.05, 4.69) is 23.8 Å². The minimum absolute atomic E-state index is 0.941. The van der Waals surface area contributed by atoms with E-state index in [1.54, 1.807) is 0 Å². The smallest absolute Gasteiger partial charge is 0.0160 e. The lowest BCUT2D eigenvalue weighted by atomic mass is 9.83. The van der Waals surface area contributed by atoms with Crippen molar-refractivity contribution in [1.29, 1.82) is 0 Å². The molecule has 2 heterocycles. The summed E-state index contributed by atoms with van der Waals surface area (Å²) in [6, 6.07) is 0.941. The van der Waals surface area contributed by atoms with Gasteiger partial charge < -0.3 is 4.90 Å². The van der Waals surface area contributed by atoms with Gasteiger partial charge in [0.1, 0.15) is 0 Å². The molecule has 2 nitrogen and oxygen atoms in total. The van der Waals surface area contributed by atoms with Crippen molar-refractivity contribution in [3.8, 4) is 0 Å². The maximum absolute atomic E-state index is 2.61. The van der Waals surface area contributed by atoms with E-state index in [0.717, 1.165) is 12.0 Å². The van der Waals surface area contributed by atoms with E-state index in [1.807, 2.05) is 0 Å². The first-order valence-electron chi connectivity index (χ1n) is 4.74. The Balaban J connectivity index is 1.89. The Morgan fingerprint density at radius 3 is 2.82 bits per heavy atom. The summed E-state index contributed by atoms with van der Waals surface area (Å²) in [6.07, 6.45) is 1.40. The van der Waals surface area contributed by atoms with Crippen LogP contribution in [0.4, 0.5) is 0 Å². The van der Waals surface area contributed by atoms with Crippen molar-refractivity contribution in [1.82, 2.24) is 9.80 Å². The normalized spacial score (nSPS) is 39.8. The summed E-state index contributed by atoms with van der Waals surface area (Å²) in [5.41, 5.74) is 0. The molecule has 11 heavy (non-hydrogen) atoms. The van der Waals surface area contributed by atoms with Crippen LogP contribution >= 0.6 is 0 Å². The van der Waals surface area contributed by atoms with Gasteiger partial charge in [0.2, 0.25) is 0 Å². The van der Waals surface area contributed by atoms with E-state index >= 15 is 0 Å². The number of piperidine rings is 1. The van der Waals surface area contributed by atoms with Crippen molar-refractivity contribution in [2.24, 2.45) is 5.92 Å². The fourth-order valence-corrected chi connectivity index (χ4v) is 2.52. The molecule has 0 spiro atoms. The highest BCUT2D eigenvalue weighted by atomic mass is 15.3. The van der Waals surface area contributed by atoms with Gasteiger partial charge in [-0.05, 0) is 32.5 Å². The molecule has 2 atom stereocenters. The summed E-state index contributed by atoms with van der Waals surface area (Å²) in [4.78, 5) is 5.08. The molecule has 0 aliphatic carbocycles. The van der Waals surface area contributed by atoms with Gasteiger partial charge in [0, 0.05) is 19.1 Å². The molecule has 0 N–H and O–H groups in total. The molecule has 0 radical (unpaired) electrons. The van der Waals surface area contributed by atoms with Gasteiger partial charge in [-0.2, -0.15) is 0 Å². The highest BCUT2D eigenvalue weighted by Gasteiger charge is 2.40. The van der Waals surface area contributed by atoms with Gasteiger partial charge in [-0.3, -0.25) is 4.90 Å². The highest BCUT2D eigenvalue weighted by molar-refractivity contribution is 4.95. The third-order valence-electron chi connectivity index (χ3n) is 3.24. The van der Waals surface area contributed by atoms with Crippen LogP contribution in [0.2, 0.25) is 0 Å². The lowest BCUT2D eigenvalue weighted by molar-refractivity contribution is -0.0330. The van der Waals surface area contributed by atoms with Crippen LogP contribution in [0.15, 0.2) is 0 Å². The van der Waals surface area contributed by atoms with E-state index in [-0.39, 0.29) is 0 Å². The van der Waals surface area contributed by atoms with Crippen molar-refractivity contribution in [3.63, 3.8) is 0 Å². The summed E-state index contributed by atoms with van der Waals surface area (Å²) in [7, 11) is 2.24. The molecule has 0 aromatic carbocycles. The Morgan fingerprint density at radius 1 is 1.36 bits per heavy atom. The molecular formula is C9H18N2. The van der Waals surface area contributed by atoms with Crippen molar-refractivity contribution >= 4 is 0 Å². The van der Waals surface area contributed by atoms with Crippen LogP contribution in [0.3, 0.4) is 0 Å². The molecule has 2 aliphatic heterocycles. The molecule has 2 heteroatoms. The Hall–Kier alpha value is -0.0800. The number of hydrogen-bond donors (Lipinski definition) is 0. The Bertz CT molecular complexity index is 146. The second kappa shape index (κ2) is 2.76. The number of fused-ring (bicyclic) bond motifs is 1. The van der Waals surface area contributed by atoms with Crippen molar-refractivity contribution in [2.75, 3.05) is 33.2 Å². The van der Waals surface area contributed by atoms with Crippen LogP contribution in [-0.4, -0.2) is 49.1 Å². The van der Waals surface area contributed by atoms with Gasteiger partial charge in [-0.15, -0.1) is 0 Å². The monoisotopic (exact) mass is 154 g/mol. The number of likely N-dealkylation sites (tertiary alicyclic amines) is 2. The molecule has 0 saturated carbocycles. The molecule has 2 rings (SSSR count). The van der Waals surface area contributed by atoms with Crippen molar-refractivity contribution in [3.05, 3.63) is 0 Å². The lowest BCUT2D eigenvalue weighted by Gasteiger charge is -2.52. The van der Waals surface area contributed by atoms with Crippen molar-refractivity contribution in [2.45, 2.75) is 19.4 Å². The number of rotatable bonds is 1. The second-order valence-electron chi connectivity index (χ2n) is 3.97. The van der Waals surface area contributed by atoms with E-state index in [9.17, 15) is 0 Å². The third-order valence-corrected chi connectivity index (χ3v) is 3.24. The Labute approximate surface area is 69.2 Å². The minimum Gasteiger partial charge on any atom is -0.306 e. The van der Waals surface area contributed by atoms with Crippen LogP contribution in [0.5, 0.6) is 0 Å². The average Bonchev–Trinajstić information content (AvgIpc) is 1.95. The van der Waals surface area contributed by atoms with Gasteiger partial charge >= 0.3 is 0 Å². The zero-order chi connectivity index (χ0) is 7.84. The summed E-state index contributed by atoms with van der Waals surface area (Å²) in [5, 5.41) is 0. The van der Waals surface area contributed by atoms with Gasteiger partial charge in [0.05, 0.1) is 0 Å². The standard InChI is InChI=1S/C9H18N2/c1-3-11-7-8-6-10(2)5-4-9(8)11/h8-9H,3-7H2,1-2H3. The Morgan fingerprint density at radius 2 is 2.18 bits per heavy atom. The predicted molar refractivity (Wildman–Crippen MR) is 46.6 cm³/mol. The quantitative estimate of drug-likeness (QED) is 0.547. The van der Waals surface area contributed by atoms with Gasteiger partial charge in [-0.1, -0.05) is 6.92 Å². The van der Waals surface area contributed by atoms with Crippen LogP contribution in [-0.2, 0) is 0 Å². The van der Waals surface area contributed by atoms with E-state index in [1.165, 1.54) is 32.6 Å². The summed E-state index contributed by atoms with van der Waals surface area (Å²) in [5.74, 6) is 0.994. The zero-order valence-electron chi connectivity index (χ0n) is 7.58. The molecule has 0 aromatic rings. The lowest BCUT2D eigenvalue weighted by Crippen LogP contribution is -2.62. The molecule has 0 bridgehead atoms. The molecule has 2 unspecified atom stereocenters. The van der Waals surface area contributed by atoms with Gasteiger partial charge in [0.25, 0.3) is 0 Å². The average molecular weight is 154 g/mol. The van der Waals surface area contributed by atoms with Crippen LogP contribution in [0, 0.1) is 5.92 Å². The van der Waals surface area contributed by atoms with Crippen LogP contribution in [0.25, 0.3) is 0 Å². The van der Waals surface area contributed by atoms with Crippen LogP contribution < -0.4 is 0 Å². The molecule has 2 fully saturated rings. The maximum atomic E-state index is 2.61. The van der Waals surface area contributed by atoms with Crippen LogP contribution in [0.1, 0.15) is 13.3 Å². The first-order chi connectivity index (χ1) is 5.31. The second-order valence-corrected chi connectivity index (χ2v) is 3.97. The maximum Gasteiger partial charge on any atom is 0.0160 e. The third kappa shape index (κ3) is 1.18. The highest BCUT2D eigenvalue weighted by Crippen LogP contribution is 2.30. The fraction of sp³-hybridized carbons (Fsp3) is 1.00. The SMILES string of the molecule is CCN1CC2CN(C)CCC21. The topological polar surface area (TPSA) is 6.48 Å². The van der Waals surface area contributed by atoms with E-state index in [4.69, 9.17) is 0 Å². The number of hydrogen-bond acceptors (Lipinski definition) is 2. The largest absolute Gasteiger partial charge is 0.306 e. The molecule has 0 aromatic heterocycles. The molecule has 2 saturated heterocycles. The molecular weight excluding hydrogens is 136 g/mol. The zero-order valence-corrected chi connectivity index (χ0v) is 7.58. The van der Waals surface area contributed by atoms with Gasteiger partial charge in [0.15, 0.2) is 0 Å². The van der Waals surface area contributed by atoms with Gasteiger partial charge in [-0.25, -0.2) is 0 Å². The molecule has 64 valence electrons. The Kier molecular flexibility index (Phi) is 1.90. The van der Waals surface area contributed by atoms with E-state index < -0.39 is 0 Å². The predicted octanol–water partition coefficient (Wildman–Crippen LogP) is 0.642. The number of nitrogens with zero attached hydrogens (tertiary/aromatic N) is 2. The fourth-order valence-electron chi connectivity index (χ4n) is 2.52. The molecule has 0 amide bonds. The minimum atomic E-state index is 0.941. The summed E-state index contributed by atoms with van der Waals surface area (Å²) in [6.45, 7) is 7.52. The molecule has 2 aliphatic rings. The van der Waals surface area contributed by atoms with E-state index in [0.29, 0.717) is 0 Å².